The molecule has 4 atom stereocenters. The van der Waals surface area contributed by atoms with Gasteiger partial charge in [-0.2, -0.15) is 17.6 Å². The Kier molecular flexibility index (Phi) is 23.4. The number of amides is 1. The molecule has 1 aliphatic carbocycles. The topological polar surface area (TPSA) is 208 Å². The number of para-hydroxylation sites is 4. The number of benzene rings is 2. The number of aliphatic carboxylic acids is 2. The Labute approximate surface area is 403 Å². The van der Waals surface area contributed by atoms with E-state index in [1.54, 1.807) is 90.1 Å². The molecular weight excluding hydrogens is 896 g/mol. The van der Waals surface area contributed by atoms with Crippen molar-refractivity contribution in [2.24, 2.45) is 5.92 Å². The second kappa shape index (κ2) is 26.0. The molecular formula is C44H56ClF5N5NaO9. The predicted octanol–water partition coefficient (Wildman–Crippen LogP) is 5.91. The number of alkyl halides is 5. The fourth-order valence-electron chi connectivity index (χ4n) is 5.67. The van der Waals surface area contributed by atoms with Crippen molar-refractivity contribution in [3.05, 3.63) is 90.4 Å². The van der Waals surface area contributed by atoms with E-state index in [1.807, 2.05) is 0 Å². The Morgan fingerprint density at radius 3 is 1.68 bits per heavy atom. The molecule has 4 aromatic rings. The minimum Gasteiger partial charge on any atom is -0.850 e. The third kappa shape index (κ3) is 19.1. The van der Waals surface area contributed by atoms with E-state index in [0.29, 0.717) is 47.1 Å². The van der Waals surface area contributed by atoms with Crippen molar-refractivity contribution >= 4 is 51.7 Å². The summed E-state index contributed by atoms with van der Waals surface area (Å²) in [6.45, 7) is 16.2. The van der Waals surface area contributed by atoms with Crippen molar-refractivity contribution in [1.29, 1.82) is 0 Å². The van der Waals surface area contributed by atoms with Crippen LogP contribution in [0.5, 0.6) is 5.88 Å². The molecule has 0 bridgehead atoms. The summed E-state index contributed by atoms with van der Waals surface area (Å²) < 4.78 is 81.2. The van der Waals surface area contributed by atoms with Crippen molar-refractivity contribution in [2.45, 2.75) is 116 Å². The van der Waals surface area contributed by atoms with Gasteiger partial charge < -0.3 is 29.9 Å². The molecule has 2 aromatic heterocycles. The van der Waals surface area contributed by atoms with Gasteiger partial charge >= 0.3 is 59.4 Å². The Bertz CT molecular complexity index is 2230. The van der Waals surface area contributed by atoms with Crippen LogP contribution in [-0.4, -0.2) is 101 Å². The first-order valence-corrected chi connectivity index (χ1v) is 19.5. The standard InChI is InChI=1S/C17H16F2N2O3.C11H7ClF2N2.C10H17NO5.C4H9O.CH3F.CH4.Na/c1-2-17(18,19)14-15(21-13-6-4-3-5-12(13)20-14)24-11-8-7-10(9-11)16(22)23;1-2-11(13,14)9-10(12)16-8-6-4-3-5-7(8)15-9;1-10(2,3)16-9(15)11-5-6(12)4-7(11)8(13)14;1-4(2,3)5;1-2;;/h2-6,10-11H,1,7-9H2,(H,22,23);2-6H,1H2;6-7,12H,4-5H2,1-3H3,(H,13,14);1-3H3;1H3;1H4;/q;;;-1;;;+1/t10-,11-;;6-,7+;;;;/m0.1..../s1/i;;;;1D;;. The van der Waals surface area contributed by atoms with E-state index in [9.17, 15) is 46.5 Å². The average Bonchev–Trinajstić information content (AvgIpc) is 3.84. The van der Waals surface area contributed by atoms with Crippen molar-refractivity contribution in [3.63, 3.8) is 0 Å². The number of β-amino-alcohol motifs (C(OH)–C–C–N with tert-alkyl or cyclic N) is 1. The molecule has 65 heavy (non-hydrogen) atoms. The van der Waals surface area contributed by atoms with Crippen LogP contribution in [0.25, 0.3) is 22.1 Å². The molecule has 1 saturated heterocycles. The molecule has 1 amide bonds. The summed E-state index contributed by atoms with van der Waals surface area (Å²) in [6.07, 6.45) is 0.271. The maximum atomic E-state index is 14.2. The van der Waals surface area contributed by atoms with Gasteiger partial charge in [0.2, 0.25) is 5.88 Å². The number of allylic oxidation sites excluding steroid dienone is 2. The van der Waals surface area contributed by atoms with Crippen LogP contribution in [0.2, 0.25) is 5.15 Å². The third-order valence-electron chi connectivity index (χ3n) is 8.41. The Balaban J connectivity index is 0.000000895. The summed E-state index contributed by atoms with van der Waals surface area (Å²) in [7, 11) is -1.00. The van der Waals surface area contributed by atoms with E-state index in [2.05, 4.69) is 33.1 Å². The van der Waals surface area contributed by atoms with Gasteiger partial charge in [0.05, 0.1) is 49.2 Å². The van der Waals surface area contributed by atoms with Gasteiger partial charge in [0.1, 0.15) is 17.7 Å². The van der Waals surface area contributed by atoms with Crippen molar-refractivity contribution in [3.8, 4) is 5.88 Å². The van der Waals surface area contributed by atoms with Gasteiger partial charge in [-0.1, -0.05) is 77.2 Å². The molecule has 354 valence electrons. The maximum Gasteiger partial charge on any atom is 1.00 e. The van der Waals surface area contributed by atoms with Crippen LogP contribution in [0, 0.1) is 5.92 Å². The van der Waals surface area contributed by atoms with E-state index in [0.717, 1.165) is 4.90 Å². The van der Waals surface area contributed by atoms with Crippen molar-refractivity contribution in [1.82, 2.24) is 24.8 Å². The minimum atomic E-state index is -3.39. The molecule has 2 aliphatic rings. The molecule has 3 N–H and O–H groups in total. The second-order valence-electron chi connectivity index (χ2n) is 15.9. The van der Waals surface area contributed by atoms with E-state index in [4.69, 9.17) is 32.7 Å². The van der Waals surface area contributed by atoms with E-state index < -0.39 is 83.8 Å². The fourth-order valence-corrected chi connectivity index (χ4v) is 5.93. The number of aromatic nitrogens is 4. The zero-order valence-corrected chi connectivity index (χ0v) is 39.3. The Hall–Kier alpha value is -4.53. The molecule has 3 heterocycles. The van der Waals surface area contributed by atoms with E-state index in [-0.39, 0.29) is 67.4 Å². The van der Waals surface area contributed by atoms with Gasteiger partial charge in [-0.15, -0.1) is 5.60 Å². The molecule has 2 fully saturated rings. The molecule has 1 saturated carbocycles. The number of carboxylic acid groups (broad SMARTS) is 2. The molecule has 0 spiro atoms. The van der Waals surface area contributed by atoms with Crippen molar-refractivity contribution in [2.75, 3.05) is 13.7 Å². The van der Waals surface area contributed by atoms with E-state index in [1.165, 1.54) is 0 Å². The summed E-state index contributed by atoms with van der Waals surface area (Å²) >= 11 is 5.67. The number of fused-ring (bicyclic) bond motifs is 2. The van der Waals surface area contributed by atoms with Crippen LogP contribution in [0.1, 0.15) is 87.4 Å². The number of nitrogens with zero attached hydrogens (tertiary/aromatic N) is 5. The quantitative estimate of drug-likeness (QED) is 0.107. The number of carbonyl (C=O) groups is 3. The number of hydrogen-bond donors (Lipinski definition) is 3. The zero-order valence-electron chi connectivity index (χ0n) is 37.5. The first kappa shape index (κ1) is 58.5. The summed E-state index contributed by atoms with van der Waals surface area (Å²) in [5, 5.41) is 37.1. The van der Waals surface area contributed by atoms with Crippen LogP contribution in [-0.2, 0) is 26.2 Å². The van der Waals surface area contributed by atoms with Gasteiger partial charge in [0.15, 0.2) is 16.5 Å². The summed E-state index contributed by atoms with van der Waals surface area (Å²) in [5.74, 6) is -9.48. The first-order valence-electron chi connectivity index (χ1n) is 19.9. The largest absolute Gasteiger partial charge is 1.00 e. The van der Waals surface area contributed by atoms with Gasteiger partial charge in [-0.05, 0) is 76.5 Å². The molecule has 1 aliphatic heterocycles. The zero-order chi connectivity index (χ0) is 48.8. The number of rotatable bonds is 8. The van der Waals surface area contributed by atoms with Gasteiger partial charge in [0.25, 0.3) is 0 Å². The third-order valence-corrected chi connectivity index (χ3v) is 8.68. The number of aliphatic hydroxyl groups excluding tert-OH is 1. The Morgan fingerprint density at radius 2 is 1.26 bits per heavy atom. The monoisotopic (exact) mass is 952 g/mol. The number of ether oxygens (including phenoxy) is 2. The fraction of sp³-hybridized carbons (Fsp3) is 0.477. The Morgan fingerprint density at radius 1 is 0.831 bits per heavy atom. The van der Waals surface area contributed by atoms with Crippen LogP contribution in [0.4, 0.5) is 26.7 Å². The molecule has 14 nitrogen and oxygen atoms in total. The minimum absolute atomic E-state index is 0. The molecule has 6 rings (SSSR count). The van der Waals surface area contributed by atoms with Crippen molar-refractivity contribution < 1.29 is 97.2 Å². The maximum absolute atomic E-state index is 14.2. The summed E-state index contributed by atoms with van der Waals surface area (Å²) in [4.78, 5) is 50.4. The van der Waals surface area contributed by atoms with Gasteiger partial charge in [0, 0.05) is 6.42 Å². The number of aliphatic hydroxyl groups is 1. The molecule has 2 aromatic carbocycles. The summed E-state index contributed by atoms with van der Waals surface area (Å²) in [6, 6.07) is 12.3. The van der Waals surface area contributed by atoms with Gasteiger partial charge in [-0.25, -0.2) is 29.5 Å². The smallest absolute Gasteiger partial charge is 0.850 e. The van der Waals surface area contributed by atoms with Crippen LogP contribution >= 0.6 is 11.6 Å². The van der Waals surface area contributed by atoms with Gasteiger partial charge in [-0.3, -0.25) is 14.1 Å². The second-order valence-corrected chi connectivity index (χ2v) is 16.3. The number of carboxylic acids is 2. The van der Waals surface area contributed by atoms with Crippen LogP contribution in [0.3, 0.4) is 0 Å². The van der Waals surface area contributed by atoms with E-state index >= 15 is 0 Å². The molecule has 0 unspecified atom stereocenters. The predicted molar refractivity (Wildman–Crippen MR) is 230 cm³/mol. The van der Waals surface area contributed by atoms with Crippen LogP contribution < -0.4 is 39.4 Å². The SMILES string of the molecule is C.C=CC(F)(F)c1nc2ccccc2nc1Cl.C=CC(F)(F)c1nc2ccccc2nc1O[C@H]1CC[C@H](C(=O)O)C1.CC(C)(C)OC(=O)N1C[C@H](O)C[C@H]1C(=O)O.CC(C)(C)[O-].[2H]CF.[Na+]. The molecule has 0 radical (unpaired) electrons. The molecule has 21 heteroatoms. The number of halogens is 6. The first-order chi connectivity index (χ1) is 29.6. The number of carbonyl (C=O) groups excluding carboxylic acids is 1. The normalized spacial score (nSPS) is 18.1. The average molecular weight is 953 g/mol. The van der Waals surface area contributed by atoms with Crippen LogP contribution in [0.15, 0.2) is 73.8 Å². The number of likely N-dealkylation sites (tertiary alicyclic amines) is 1. The summed E-state index contributed by atoms with van der Waals surface area (Å²) in [5.41, 5.74) is -0.967. The number of hydrogen-bond acceptors (Lipinski definition) is 11.